The van der Waals surface area contributed by atoms with Crippen LogP contribution in [0.2, 0.25) is 0 Å². The van der Waals surface area contributed by atoms with E-state index in [-0.39, 0.29) is 0 Å². The molecule has 1 heterocycles. The van der Waals surface area contributed by atoms with E-state index in [1.807, 2.05) is 13.8 Å². The number of allylic oxidation sites excluding steroid dienone is 1. The molecule has 82 valence electrons. The molecule has 1 heteroatoms. The average molecular weight is 196 g/mol. The van der Waals surface area contributed by atoms with Crippen molar-refractivity contribution in [2.45, 2.75) is 46.5 Å². The molecule has 1 nitrogen and oxygen atoms in total. The minimum absolute atomic E-state index is 0.481. The van der Waals surface area contributed by atoms with Crippen LogP contribution in [0.25, 0.3) is 0 Å². The summed E-state index contributed by atoms with van der Waals surface area (Å²) >= 11 is 0. The molecule has 2 fully saturated rings. The first kappa shape index (κ1) is 11.8. The molecule has 0 N–H and O–H groups in total. The molecule has 1 aliphatic heterocycles. The van der Waals surface area contributed by atoms with Crippen molar-refractivity contribution in [3.63, 3.8) is 0 Å². The Kier molecular flexibility index (Phi) is 4.18. The van der Waals surface area contributed by atoms with Crippen molar-refractivity contribution in [2.24, 2.45) is 11.3 Å². The van der Waals surface area contributed by atoms with Crippen LogP contribution < -0.4 is 0 Å². The molecule has 2 rings (SSSR count). The molecule has 2 unspecified atom stereocenters. The van der Waals surface area contributed by atoms with Crippen LogP contribution in [0.5, 0.6) is 0 Å². The van der Waals surface area contributed by atoms with E-state index >= 15 is 0 Å². The highest BCUT2D eigenvalue weighted by Gasteiger charge is 2.42. The van der Waals surface area contributed by atoms with Crippen molar-refractivity contribution in [2.75, 3.05) is 13.2 Å². The van der Waals surface area contributed by atoms with Gasteiger partial charge >= 0.3 is 0 Å². The molecule has 1 saturated carbocycles. The second-order valence-electron chi connectivity index (χ2n) is 4.56. The fourth-order valence-corrected chi connectivity index (χ4v) is 2.67. The molecule has 2 aliphatic rings. The van der Waals surface area contributed by atoms with E-state index < -0.39 is 0 Å². The number of hydrogen-bond acceptors (Lipinski definition) is 1. The van der Waals surface area contributed by atoms with Gasteiger partial charge in [-0.3, -0.25) is 0 Å². The molecule has 0 radical (unpaired) electrons. The average Bonchev–Trinajstić information content (AvgIpc) is 2.51. The normalized spacial score (nSPS) is 36.8. The Labute approximate surface area is 88.5 Å². The molecule has 1 aliphatic carbocycles. The Bertz CT molecular complexity index is 197. The number of hydrogen-bond donors (Lipinski definition) is 0. The van der Waals surface area contributed by atoms with E-state index in [4.69, 9.17) is 4.74 Å². The summed E-state index contributed by atoms with van der Waals surface area (Å²) in [5.41, 5.74) is 1.92. The van der Waals surface area contributed by atoms with Gasteiger partial charge in [-0.05, 0) is 31.6 Å². The number of ether oxygens (including phenoxy) is 1. The van der Waals surface area contributed by atoms with Gasteiger partial charge in [-0.1, -0.05) is 32.9 Å². The molecule has 2 atom stereocenters. The van der Waals surface area contributed by atoms with Crippen LogP contribution in [-0.2, 0) is 4.74 Å². The largest absolute Gasteiger partial charge is 0.381 e. The third-order valence-corrected chi connectivity index (χ3v) is 3.61. The predicted molar refractivity (Wildman–Crippen MR) is 61.4 cm³/mol. The Balaban J connectivity index is 0.000000461. The van der Waals surface area contributed by atoms with Crippen LogP contribution in [0, 0.1) is 11.3 Å². The maximum atomic E-state index is 5.56. The first-order valence-electron chi connectivity index (χ1n) is 5.97. The van der Waals surface area contributed by atoms with Gasteiger partial charge in [0.25, 0.3) is 0 Å². The number of rotatable bonds is 0. The van der Waals surface area contributed by atoms with Gasteiger partial charge in [0, 0.05) is 12.0 Å². The zero-order valence-electron chi connectivity index (χ0n) is 9.94. The molecule has 1 spiro atoms. The van der Waals surface area contributed by atoms with Gasteiger partial charge in [0.05, 0.1) is 6.61 Å². The topological polar surface area (TPSA) is 9.23 Å². The Hall–Kier alpha value is -0.300. The van der Waals surface area contributed by atoms with Gasteiger partial charge in [-0.15, -0.1) is 0 Å². The zero-order chi connectivity index (χ0) is 10.6. The lowest BCUT2D eigenvalue weighted by atomic mass is 9.67. The summed E-state index contributed by atoms with van der Waals surface area (Å²) in [5, 5.41) is 0. The predicted octanol–water partition coefficient (Wildman–Crippen LogP) is 3.80. The summed E-state index contributed by atoms with van der Waals surface area (Å²) in [5.74, 6) is 0.745. The minimum Gasteiger partial charge on any atom is -0.381 e. The molecule has 0 aromatic heterocycles. The lowest BCUT2D eigenvalue weighted by Gasteiger charge is -2.36. The van der Waals surface area contributed by atoms with Crippen LogP contribution in [0.1, 0.15) is 46.5 Å². The summed E-state index contributed by atoms with van der Waals surface area (Å²) in [7, 11) is 0. The van der Waals surface area contributed by atoms with E-state index in [2.05, 4.69) is 13.5 Å². The van der Waals surface area contributed by atoms with E-state index in [1.165, 1.54) is 31.3 Å². The first-order chi connectivity index (χ1) is 6.73. The summed E-state index contributed by atoms with van der Waals surface area (Å²) in [6, 6.07) is 0. The fourth-order valence-electron chi connectivity index (χ4n) is 2.67. The third-order valence-electron chi connectivity index (χ3n) is 3.61. The van der Waals surface area contributed by atoms with Gasteiger partial charge in [-0.25, -0.2) is 0 Å². The Morgan fingerprint density at radius 3 is 2.64 bits per heavy atom. The van der Waals surface area contributed by atoms with Crippen molar-refractivity contribution in [1.29, 1.82) is 0 Å². The molecule has 0 aromatic carbocycles. The van der Waals surface area contributed by atoms with E-state index in [0.29, 0.717) is 5.41 Å². The summed E-state index contributed by atoms with van der Waals surface area (Å²) < 4.78 is 5.56. The summed E-state index contributed by atoms with van der Waals surface area (Å²) in [6.07, 6.45) is 5.14. The molecule has 0 bridgehead atoms. The van der Waals surface area contributed by atoms with E-state index in [0.717, 1.165) is 19.1 Å². The van der Waals surface area contributed by atoms with Crippen molar-refractivity contribution in [3.05, 3.63) is 12.2 Å². The fraction of sp³-hybridized carbons (Fsp3) is 0.846. The molecular formula is C13H24O. The SMILES string of the molecule is C=C1CCCC2(COCC2C)C1.CC. The van der Waals surface area contributed by atoms with E-state index in [1.54, 1.807) is 0 Å². The molecule has 14 heavy (non-hydrogen) atoms. The molecule has 1 saturated heterocycles. The van der Waals surface area contributed by atoms with Gasteiger partial charge in [0.15, 0.2) is 0 Å². The third kappa shape index (κ3) is 2.20. The monoisotopic (exact) mass is 196 g/mol. The van der Waals surface area contributed by atoms with Crippen molar-refractivity contribution in [1.82, 2.24) is 0 Å². The lowest BCUT2D eigenvalue weighted by molar-refractivity contribution is 0.131. The quantitative estimate of drug-likeness (QED) is 0.535. The highest BCUT2D eigenvalue weighted by molar-refractivity contribution is 5.07. The maximum Gasteiger partial charge on any atom is 0.0529 e. The van der Waals surface area contributed by atoms with Gasteiger partial charge in [-0.2, -0.15) is 0 Å². The standard InChI is InChI=1S/C11H18O.C2H6/c1-9-4-3-5-11(6-9)8-12-7-10(11)2;1-2/h10H,1,3-8H2,2H3;1-2H3. The van der Waals surface area contributed by atoms with Crippen molar-refractivity contribution < 1.29 is 4.74 Å². The maximum absolute atomic E-state index is 5.56. The molecule has 0 aromatic rings. The van der Waals surface area contributed by atoms with Crippen molar-refractivity contribution in [3.8, 4) is 0 Å². The minimum atomic E-state index is 0.481. The molecular weight excluding hydrogens is 172 g/mol. The van der Waals surface area contributed by atoms with Crippen LogP contribution in [0.4, 0.5) is 0 Å². The lowest BCUT2D eigenvalue weighted by Crippen LogP contribution is -2.31. The second-order valence-corrected chi connectivity index (χ2v) is 4.56. The van der Waals surface area contributed by atoms with Gasteiger partial charge < -0.3 is 4.74 Å². The van der Waals surface area contributed by atoms with Gasteiger partial charge in [0.2, 0.25) is 0 Å². The summed E-state index contributed by atoms with van der Waals surface area (Å²) in [4.78, 5) is 0. The van der Waals surface area contributed by atoms with Gasteiger partial charge in [0.1, 0.15) is 0 Å². The zero-order valence-corrected chi connectivity index (χ0v) is 9.94. The second kappa shape index (κ2) is 4.97. The highest BCUT2D eigenvalue weighted by Crippen LogP contribution is 2.47. The van der Waals surface area contributed by atoms with Crippen LogP contribution in [0.3, 0.4) is 0 Å². The Morgan fingerprint density at radius 1 is 1.43 bits per heavy atom. The Morgan fingerprint density at radius 2 is 2.14 bits per heavy atom. The van der Waals surface area contributed by atoms with E-state index in [9.17, 15) is 0 Å². The van der Waals surface area contributed by atoms with Crippen LogP contribution in [0.15, 0.2) is 12.2 Å². The first-order valence-corrected chi connectivity index (χ1v) is 5.97. The van der Waals surface area contributed by atoms with Crippen LogP contribution in [-0.4, -0.2) is 13.2 Å². The molecule has 0 amide bonds. The highest BCUT2D eigenvalue weighted by atomic mass is 16.5. The smallest absolute Gasteiger partial charge is 0.0529 e. The van der Waals surface area contributed by atoms with Crippen LogP contribution >= 0.6 is 0 Å². The van der Waals surface area contributed by atoms with Crippen molar-refractivity contribution >= 4 is 0 Å². The summed E-state index contributed by atoms with van der Waals surface area (Å²) in [6.45, 7) is 12.4.